The first-order valence-corrected chi connectivity index (χ1v) is 3.72. The Morgan fingerprint density at radius 3 is 2.64 bits per heavy atom. The molecule has 0 spiro atoms. The summed E-state index contributed by atoms with van der Waals surface area (Å²) in [5, 5.41) is 8.73. The van der Waals surface area contributed by atoms with Gasteiger partial charge < -0.3 is 9.84 Å². The van der Waals surface area contributed by atoms with Crippen LogP contribution in [0, 0.1) is 5.95 Å². The van der Waals surface area contributed by atoms with E-state index in [9.17, 15) is 13.2 Å². The highest BCUT2D eigenvalue weighted by atomic mass is 19.3. The number of halogens is 3. The third-order valence-electron chi connectivity index (χ3n) is 1.67. The molecule has 0 atom stereocenters. The molecule has 78 valence electrons. The van der Waals surface area contributed by atoms with Gasteiger partial charge in [-0.25, -0.2) is 8.78 Å². The van der Waals surface area contributed by atoms with E-state index in [1.165, 1.54) is 7.11 Å². The highest BCUT2D eigenvalue weighted by molar-refractivity contribution is 5.30. The van der Waals surface area contributed by atoms with E-state index in [1.807, 2.05) is 0 Å². The molecule has 1 N–H and O–H groups in total. The van der Waals surface area contributed by atoms with Gasteiger partial charge >= 0.3 is 0 Å². The predicted molar refractivity (Wildman–Crippen MR) is 41.6 cm³/mol. The molecule has 0 bridgehead atoms. The molecule has 0 fully saturated rings. The molecule has 1 aromatic heterocycles. The van der Waals surface area contributed by atoms with Crippen molar-refractivity contribution >= 4 is 0 Å². The highest BCUT2D eigenvalue weighted by Crippen LogP contribution is 2.27. The summed E-state index contributed by atoms with van der Waals surface area (Å²) >= 11 is 0. The third-order valence-corrected chi connectivity index (χ3v) is 1.67. The van der Waals surface area contributed by atoms with Gasteiger partial charge in [0.05, 0.1) is 19.3 Å². The van der Waals surface area contributed by atoms with Crippen molar-refractivity contribution in [1.29, 1.82) is 0 Å². The molecule has 1 rings (SSSR count). The number of aliphatic hydroxyl groups excluding tert-OH is 1. The minimum Gasteiger partial charge on any atom is -0.481 e. The fourth-order valence-electron chi connectivity index (χ4n) is 1.01. The number of hydrogen-bond acceptors (Lipinski definition) is 3. The van der Waals surface area contributed by atoms with E-state index in [4.69, 9.17) is 5.11 Å². The number of hydrogen-bond donors (Lipinski definition) is 1. The van der Waals surface area contributed by atoms with Gasteiger partial charge in [-0.3, -0.25) is 0 Å². The maximum Gasteiger partial charge on any atom is 0.268 e. The van der Waals surface area contributed by atoms with Crippen molar-refractivity contribution in [2.24, 2.45) is 0 Å². The van der Waals surface area contributed by atoms with E-state index in [1.54, 1.807) is 0 Å². The Morgan fingerprint density at radius 1 is 1.57 bits per heavy atom. The Bertz CT molecular complexity index is 331. The number of aliphatic hydroxyl groups is 1. The van der Waals surface area contributed by atoms with Crippen LogP contribution in [0.2, 0.25) is 0 Å². The lowest BCUT2D eigenvalue weighted by Crippen LogP contribution is -2.03. The molecule has 0 aromatic carbocycles. The van der Waals surface area contributed by atoms with Gasteiger partial charge in [-0.15, -0.1) is 0 Å². The molecule has 1 aromatic rings. The van der Waals surface area contributed by atoms with Gasteiger partial charge in [-0.1, -0.05) is 0 Å². The van der Waals surface area contributed by atoms with Gasteiger partial charge in [-0.05, 0) is 5.56 Å². The van der Waals surface area contributed by atoms with Crippen molar-refractivity contribution in [3.63, 3.8) is 0 Å². The summed E-state index contributed by atoms with van der Waals surface area (Å²) in [5.74, 6) is -1.46. The van der Waals surface area contributed by atoms with Crippen molar-refractivity contribution in [2.75, 3.05) is 7.11 Å². The summed E-state index contributed by atoms with van der Waals surface area (Å²) in [6.07, 6.45) is -3.00. The average molecular weight is 207 g/mol. The monoisotopic (exact) mass is 207 g/mol. The summed E-state index contributed by atoms with van der Waals surface area (Å²) < 4.78 is 42.1. The lowest BCUT2D eigenvalue weighted by atomic mass is 10.1. The van der Waals surface area contributed by atoms with Crippen molar-refractivity contribution in [1.82, 2.24) is 4.98 Å². The summed E-state index contributed by atoms with van der Waals surface area (Å²) in [5.41, 5.74) is -1.10. The van der Waals surface area contributed by atoms with Crippen LogP contribution in [0.15, 0.2) is 6.07 Å². The minimum absolute atomic E-state index is 0.143. The minimum atomic E-state index is -3.00. The van der Waals surface area contributed by atoms with Crippen molar-refractivity contribution in [2.45, 2.75) is 13.0 Å². The van der Waals surface area contributed by atoms with Gasteiger partial charge in [0.1, 0.15) is 0 Å². The van der Waals surface area contributed by atoms with Gasteiger partial charge in [0, 0.05) is 6.07 Å². The largest absolute Gasteiger partial charge is 0.481 e. The van der Waals surface area contributed by atoms with Crippen LogP contribution >= 0.6 is 0 Å². The summed E-state index contributed by atoms with van der Waals surface area (Å²) in [7, 11) is 1.23. The molecule has 6 heteroatoms. The van der Waals surface area contributed by atoms with Crippen LogP contribution in [-0.4, -0.2) is 17.2 Å². The topological polar surface area (TPSA) is 42.4 Å². The lowest BCUT2D eigenvalue weighted by molar-refractivity contribution is 0.140. The highest BCUT2D eigenvalue weighted by Gasteiger charge is 2.20. The number of ether oxygens (including phenoxy) is 1. The molecule has 0 saturated carbocycles. The van der Waals surface area contributed by atoms with Gasteiger partial charge in [0.2, 0.25) is 11.8 Å². The van der Waals surface area contributed by atoms with Crippen LogP contribution < -0.4 is 4.74 Å². The number of alkyl halides is 2. The molecule has 0 radical (unpaired) electrons. The second kappa shape index (κ2) is 4.28. The SMILES string of the molecule is COc1cc(CO)c(C(F)F)c(F)n1. The van der Waals surface area contributed by atoms with Crippen molar-refractivity contribution in [3.8, 4) is 5.88 Å². The fraction of sp³-hybridized carbons (Fsp3) is 0.375. The van der Waals surface area contributed by atoms with E-state index < -0.39 is 24.5 Å². The molecule has 0 aliphatic carbocycles. The van der Waals surface area contributed by atoms with Crippen molar-refractivity contribution in [3.05, 3.63) is 23.1 Å². The third kappa shape index (κ3) is 1.95. The zero-order valence-electron chi connectivity index (χ0n) is 7.30. The maximum atomic E-state index is 13.0. The zero-order valence-corrected chi connectivity index (χ0v) is 7.30. The van der Waals surface area contributed by atoms with Crippen LogP contribution in [0.5, 0.6) is 5.88 Å². The Balaban J connectivity index is 3.27. The summed E-state index contributed by atoms with van der Waals surface area (Å²) in [6.45, 7) is -0.685. The molecule has 14 heavy (non-hydrogen) atoms. The molecule has 0 aliphatic rings. The van der Waals surface area contributed by atoms with E-state index in [2.05, 4.69) is 9.72 Å². The van der Waals surface area contributed by atoms with Crippen LogP contribution in [0.1, 0.15) is 17.6 Å². The molecule has 3 nitrogen and oxygen atoms in total. The normalized spacial score (nSPS) is 10.7. The quantitative estimate of drug-likeness (QED) is 0.766. The number of aromatic nitrogens is 1. The van der Waals surface area contributed by atoms with E-state index in [-0.39, 0.29) is 11.4 Å². The number of pyridine rings is 1. The Hall–Kier alpha value is -1.30. The van der Waals surface area contributed by atoms with Gasteiger partial charge in [-0.2, -0.15) is 9.37 Å². The molecular formula is C8H8F3NO2. The number of nitrogens with zero attached hydrogens (tertiary/aromatic N) is 1. The predicted octanol–water partition coefficient (Wildman–Crippen LogP) is 1.66. The van der Waals surface area contributed by atoms with E-state index >= 15 is 0 Å². The Morgan fingerprint density at radius 2 is 2.21 bits per heavy atom. The summed E-state index contributed by atoms with van der Waals surface area (Å²) in [4.78, 5) is 3.14. The lowest BCUT2D eigenvalue weighted by Gasteiger charge is -2.08. The molecule has 0 saturated heterocycles. The number of rotatable bonds is 3. The van der Waals surface area contributed by atoms with Crippen LogP contribution in [0.3, 0.4) is 0 Å². The second-order valence-corrected chi connectivity index (χ2v) is 2.49. The second-order valence-electron chi connectivity index (χ2n) is 2.49. The molecular weight excluding hydrogens is 199 g/mol. The van der Waals surface area contributed by atoms with Gasteiger partial charge in [0.25, 0.3) is 6.43 Å². The average Bonchev–Trinajstić information content (AvgIpc) is 2.15. The standard InChI is InChI=1S/C8H8F3NO2/c1-14-5-2-4(3-13)6(7(9)10)8(11)12-5/h2,7,13H,3H2,1H3. The van der Waals surface area contributed by atoms with Gasteiger partial charge in [0.15, 0.2) is 0 Å². The molecule has 0 unspecified atom stereocenters. The fourth-order valence-corrected chi connectivity index (χ4v) is 1.01. The molecule has 1 heterocycles. The van der Waals surface area contributed by atoms with Crippen LogP contribution in [0.25, 0.3) is 0 Å². The number of methoxy groups -OCH3 is 1. The van der Waals surface area contributed by atoms with Crippen LogP contribution in [0.4, 0.5) is 13.2 Å². The van der Waals surface area contributed by atoms with Crippen molar-refractivity contribution < 1.29 is 23.0 Å². The van der Waals surface area contributed by atoms with E-state index in [0.29, 0.717) is 0 Å². The smallest absolute Gasteiger partial charge is 0.268 e. The van der Waals surface area contributed by atoms with Crippen LogP contribution in [-0.2, 0) is 6.61 Å². The van der Waals surface area contributed by atoms with E-state index in [0.717, 1.165) is 6.07 Å². The first-order valence-electron chi connectivity index (χ1n) is 3.72. The first-order chi connectivity index (χ1) is 6.60. The molecule has 0 amide bonds. The Kier molecular flexibility index (Phi) is 3.29. The molecule has 0 aliphatic heterocycles. The zero-order chi connectivity index (χ0) is 10.7. The first kappa shape index (κ1) is 10.8. The summed E-state index contributed by atoms with van der Waals surface area (Å²) in [6, 6.07) is 1.07. The Labute approximate surface area is 78.2 Å². The maximum absolute atomic E-state index is 13.0.